The van der Waals surface area contributed by atoms with Crippen LogP contribution in [0, 0.1) is 16.9 Å². The Kier molecular flexibility index (Phi) is 0.937. The van der Waals surface area contributed by atoms with Crippen LogP contribution in [-0.4, -0.2) is 6.04 Å². The lowest BCUT2D eigenvalue weighted by Crippen LogP contribution is -2.13. The van der Waals surface area contributed by atoms with Crippen molar-refractivity contribution in [3.8, 4) is 6.19 Å². The smallest absolute Gasteiger partial charge is 0.176 e. The first kappa shape index (κ1) is 5.43. The highest BCUT2D eigenvalue weighted by Gasteiger charge is 2.45. The molecule has 0 heterocycles. The normalized spacial score (nSPS) is 30.9. The summed E-state index contributed by atoms with van der Waals surface area (Å²) in [5.41, 5.74) is 0.385. The first-order chi connectivity index (χ1) is 3.67. The maximum absolute atomic E-state index is 8.15. The van der Waals surface area contributed by atoms with E-state index in [1.165, 1.54) is 0 Å². The first-order valence-electron chi connectivity index (χ1n) is 2.81. The monoisotopic (exact) mass is 110 g/mol. The highest BCUT2D eigenvalue weighted by atomic mass is 15.0. The standard InChI is InChI=1S/C6H10N2/c1-6(2)3-5(6)8-4-7/h5,8H,3H2,1-2H3. The molecule has 2 nitrogen and oxygen atoms in total. The summed E-state index contributed by atoms with van der Waals surface area (Å²) in [5, 5.41) is 10.9. The average Bonchev–Trinajstić information content (AvgIpc) is 2.15. The van der Waals surface area contributed by atoms with E-state index in [9.17, 15) is 0 Å². The first-order valence-corrected chi connectivity index (χ1v) is 2.81. The number of nitriles is 1. The zero-order valence-corrected chi connectivity index (χ0v) is 5.23. The van der Waals surface area contributed by atoms with Crippen molar-refractivity contribution in [1.82, 2.24) is 5.32 Å². The summed E-state index contributed by atoms with van der Waals surface area (Å²) >= 11 is 0. The molecule has 1 fully saturated rings. The van der Waals surface area contributed by atoms with Crippen molar-refractivity contribution in [3.63, 3.8) is 0 Å². The molecule has 1 N–H and O–H groups in total. The van der Waals surface area contributed by atoms with Crippen molar-refractivity contribution in [3.05, 3.63) is 0 Å². The fraction of sp³-hybridized carbons (Fsp3) is 0.833. The molecule has 1 rings (SSSR count). The molecule has 0 radical (unpaired) electrons. The molecule has 1 aliphatic rings. The van der Waals surface area contributed by atoms with Crippen molar-refractivity contribution in [1.29, 1.82) is 5.26 Å². The molecule has 0 saturated heterocycles. The molecule has 0 amide bonds. The maximum Gasteiger partial charge on any atom is 0.176 e. The van der Waals surface area contributed by atoms with E-state index in [2.05, 4.69) is 19.2 Å². The molecule has 1 saturated carbocycles. The molecular formula is C6H10N2. The maximum atomic E-state index is 8.15. The zero-order chi connectivity index (χ0) is 6.20. The average molecular weight is 110 g/mol. The van der Waals surface area contributed by atoms with Crippen LogP contribution in [0.3, 0.4) is 0 Å². The van der Waals surface area contributed by atoms with E-state index < -0.39 is 0 Å². The van der Waals surface area contributed by atoms with Crippen LogP contribution in [0.15, 0.2) is 0 Å². The predicted molar refractivity (Wildman–Crippen MR) is 30.9 cm³/mol. The van der Waals surface area contributed by atoms with Crippen LogP contribution < -0.4 is 5.32 Å². The minimum absolute atomic E-state index is 0.385. The Morgan fingerprint density at radius 3 is 2.38 bits per heavy atom. The summed E-state index contributed by atoms with van der Waals surface area (Å²) in [6, 6.07) is 0.451. The second-order valence-corrected chi connectivity index (χ2v) is 3.00. The fourth-order valence-corrected chi connectivity index (χ4v) is 0.791. The SMILES string of the molecule is CC1(C)CC1NC#N. The van der Waals surface area contributed by atoms with Gasteiger partial charge in [-0.25, -0.2) is 0 Å². The Hall–Kier alpha value is -0.710. The molecule has 1 aliphatic carbocycles. The van der Waals surface area contributed by atoms with E-state index >= 15 is 0 Å². The number of rotatable bonds is 1. The lowest BCUT2D eigenvalue weighted by atomic mass is 10.2. The molecule has 0 aliphatic heterocycles. The Morgan fingerprint density at radius 1 is 1.75 bits per heavy atom. The Morgan fingerprint density at radius 2 is 2.25 bits per heavy atom. The molecule has 0 aromatic rings. The van der Waals surface area contributed by atoms with Gasteiger partial charge in [0.05, 0.1) is 0 Å². The van der Waals surface area contributed by atoms with E-state index in [0.29, 0.717) is 11.5 Å². The second kappa shape index (κ2) is 1.38. The lowest BCUT2D eigenvalue weighted by Gasteiger charge is -1.96. The van der Waals surface area contributed by atoms with Crippen molar-refractivity contribution in [2.24, 2.45) is 5.41 Å². The molecule has 44 valence electrons. The number of nitrogens with zero attached hydrogens (tertiary/aromatic N) is 1. The highest BCUT2D eigenvalue weighted by Crippen LogP contribution is 2.44. The van der Waals surface area contributed by atoms with E-state index in [-0.39, 0.29) is 0 Å². The highest BCUT2D eigenvalue weighted by molar-refractivity contribution is 5.03. The van der Waals surface area contributed by atoms with Crippen molar-refractivity contribution in [2.45, 2.75) is 26.3 Å². The van der Waals surface area contributed by atoms with Gasteiger partial charge in [0.15, 0.2) is 6.19 Å². The van der Waals surface area contributed by atoms with Crippen LogP contribution in [0.1, 0.15) is 20.3 Å². The van der Waals surface area contributed by atoms with Gasteiger partial charge in [-0.15, -0.1) is 0 Å². The summed E-state index contributed by atoms with van der Waals surface area (Å²) < 4.78 is 0. The number of hydrogen-bond acceptors (Lipinski definition) is 2. The minimum Gasteiger partial charge on any atom is -0.320 e. The molecule has 0 aromatic heterocycles. The molecule has 0 bridgehead atoms. The third-order valence-electron chi connectivity index (χ3n) is 1.75. The molecule has 0 aromatic carbocycles. The summed E-state index contributed by atoms with van der Waals surface area (Å²) in [6.07, 6.45) is 3.07. The van der Waals surface area contributed by atoms with Crippen molar-refractivity contribution < 1.29 is 0 Å². The van der Waals surface area contributed by atoms with Crippen LogP contribution in [-0.2, 0) is 0 Å². The van der Waals surface area contributed by atoms with Gasteiger partial charge in [0.25, 0.3) is 0 Å². The van der Waals surface area contributed by atoms with Crippen molar-refractivity contribution >= 4 is 0 Å². The largest absolute Gasteiger partial charge is 0.320 e. The fourth-order valence-electron chi connectivity index (χ4n) is 0.791. The third kappa shape index (κ3) is 0.764. The van der Waals surface area contributed by atoms with E-state index in [1.54, 1.807) is 0 Å². The summed E-state index contributed by atoms with van der Waals surface area (Å²) in [5.74, 6) is 0. The van der Waals surface area contributed by atoms with Gasteiger partial charge in [-0.05, 0) is 11.8 Å². The lowest BCUT2D eigenvalue weighted by molar-refractivity contribution is 0.589. The topological polar surface area (TPSA) is 35.8 Å². The molecular weight excluding hydrogens is 100 g/mol. The summed E-state index contributed by atoms with van der Waals surface area (Å²) in [4.78, 5) is 0. The third-order valence-corrected chi connectivity index (χ3v) is 1.75. The Bertz CT molecular complexity index is 132. The Balaban J connectivity index is 2.29. The van der Waals surface area contributed by atoms with Crippen LogP contribution in [0.4, 0.5) is 0 Å². The van der Waals surface area contributed by atoms with Gasteiger partial charge in [-0.2, -0.15) is 5.26 Å². The van der Waals surface area contributed by atoms with Crippen LogP contribution in [0.25, 0.3) is 0 Å². The van der Waals surface area contributed by atoms with Gasteiger partial charge < -0.3 is 5.32 Å². The molecule has 0 spiro atoms. The van der Waals surface area contributed by atoms with Crippen molar-refractivity contribution in [2.75, 3.05) is 0 Å². The molecule has 1 atom stereocenters. The van der Waals surface area contributed by atoms with Gasteiger partial charge in [0.1, 0.15) is 0 Å². The van der Waals surface area contributed by atoms with Gasteiger partial charge in [-0.3, -0.25) is 0 Å². The number of hydrogen-bond donors (Lipinski definition) is 1. The second-order valence-electron chi connectivity index (χ2n) is 3.00. The predicted octanol–water partition coefficient (Wildman–Crippen LogP) is 0.856. The van der Waals surface area contributed by atoms with Crippen LogP contribution in [0.2, 0.25) is 0 Å². The van der Waals surface area contributed by atoms with Crippen LogP contribution in [0.5, 0.6) is 0 Å². The number of nitrogens with one attached hydrogen (secondary N) is 1. The Labute approximate surface area is 49.5 Å². The molecule has 8 heavy (non-hydrogen) atoms. The van der Waals surface area contributed by atoms with Gasteiger partial charge in [0.2, 0.25) is 0 Å². The van der Waals surface area contributed by atoms with Gasteiger partial charge in [-0.1, -0.05) is 13.8 Å². The molecule has 2 heteroatoms. The zero-order valence-electron chi connectivity index (χ0n) is 5.23. The quantitative estimate of drug-likeness (QED) is 0.401. The minimum atomic E-state index is 0.385. The van der Waals surface area contributed by atoms with E-state index in [4.69, 9.17) is 5.26 Å². The van der Waals surface area contributed by atoms with E-state index in [1.807, 2.05) is 6.19 Å². The summed E-state index contributed by atoms with van der Waals surface area (Å²) in [7, 11) is 0. The van der Waals surface area contributed by atoms with Gasteiger partial charge >= 0.3 is 0 Å². The summed E-state index contributed by atoms with van der Waals surface area (Å²) in [6.45, 7) is 4.31. The van der Waals surface area contributed by atoms with Crippen LogP contribution >= 0.6 is 0 Å². The van der Waals surface area contributed by atoms with Gasteiger partial charge in [0, 0.05) is 6.04 Å². The van der Waals surface area contributed by atoms with E-state index in [0.717, 1.165) is 6.42 Å². The molecule has 1 unspecified atom stereocenters.